The topological polar surface area (TPSA) is 56.8 Å². The highest BCUT2D eigenvalue weighted by Crippen LogP contribution is 2.33. The molecule has 3 rings (SSSR count). The van der Waals surface area contributed by atoms with Gasteiger partial charge in [0.25, 0.3) is 0 Å². The molecule has 3 nitrogen and oxygen atoms in total. The predicted molar refractivity (Wildman–Crippen MR) is 95.1 cm³/mol. The van der Waals surface area contributed by atoms with Crippen LogP contribution in [0.2, 0.25) is 0 Å². The number of hydrogen-bond acceptors (Lipinski definition) is 4. The number of nitrogens with zero attached hydrogens (tertiary/aromatic N) is 2. The Kier molecular flexibility index (Phi) is 4.52. The van der Waals surface area contributed by atoms with E-state index in [4.69, 9.17) is 4.74 Å². The van der Waals surface area contributed by atoms with Crippen LogP contribution in [-0.4, -0.2) is 0 Å². The van der Waals surface area contributed by atoms with Crippen molar-refractivity contribution in [2.75, 3.05) is 0 Å². The predicted octanol–water partition coefficient (Wildman–Crippen LogP) is 5.18. The second-order valence-electron chi connectivity index (χ2n) is 5.08. The lowest BCUT2D eigenvalue weighted by molar-refractivity contribution is 0.482. The molecular weight excluding hydrogens is 316 g/mol. The highest BCUT2D eigenvalue weighted by atomic mass is 32.1. The summed E-state index contributed by atoms with van der Waals surface area (Å²) >= 11 is 4.34. The van der Waals surface area contributed by atoms with Crippen LogP contribution in [0, 0.1) is 22.7 Å². The molecule has 0 spiro atoms. The van der Waals surface area contributed by atoms with E-state index in [1.54, 1.807) is 12.1 Å². The van der Waals surface area contributed by atoms with Gasteiger partial charge in [0.1, 0.15) is 23.6 Å². The summed E-state index contributed by atoms with van der Waals surface area (Å²) in [6, 6.07) is 24.3. The van der Waals surface area contributed by atoms with E-state index in [2.05, 4.69) is 24.8 Å². The second-order valence-corrected chi connectivity index (χ2v) is 5.60. The third-order valence-corrected chi connectivity index (χ3v) is 3.76. The average molecular weight is 328 g/mol. The quantitative estimate of drug-likeness (QED) is 0.674. The summed E-state index contributed by atoms with van der Waals surface area (Å²) in [6.45, 7) is 0. The van der Waals surface area contributed by atoms with Crippen molar-refractivity contribution in [1.82, 2.24) is 0 Å². The van der Waals surface area contributed by atoms with E-state index in [1.165, 1.54) is 0 Å². The molecule has 114 valence electrons. The lowest BCUT2D eigenvalue weighted by Crippen LogP contribution is -1.93. The summed E-state index contributed by atoms with van der Waals surface area (Å²) in [7, 11) is 0. The van der Waals surface area contributed by atoms with Crippen LogP contribution in [0.25, 0.3) is 11.1 Å². The van der Waals surface area contributed by atoms with E-state index < -0.39 is 0 Å². The van der Waals surface area contributed by atoms with Crippen LogP contribution in [-0.2, 0) is 0 Å². The third kappa shape index (κ3) is 3.25. The molecule has 3 aromatic rings. The molecule has 0 N–H and O–H groups in total. The van der Waals surface area contributed by atoms with Gasteiger partial charge < -0.3 is 4.74 Å². The maximum atomic E-state index is 9.48. The molecule has 0 aliphatic rings. The van der Waals surface area contributed by atoms with Gasteiger partial charge in [-0.15, -0.1) is 12.6 Å². The molecule has 0 bridgehead atoms. The lowest BCUT2D eigenvalue weighted by atomic mass is 9.96. The molecule has 0 aliphatic carbocycles. The molecule has 0 unspecified atom stereocenters. The third-order valence-electron chi connectivity index (χ3n) is 3.48. The molecule has 0 fully saturated rings. The Morgan fingerprint density at radius 3 is 2.25 bits per heavy atom. The molecule has 0 saturated carbocycles. The van der Waals surface area contributed by atoms with E-state index in [-0.39, 0.29) is 5.56 Å². The standard InChI is InChI=1S/C20H12N2OS/c21-12-15-9-17(23-16-6-2-1-3-7-16)11-19(20(15)13-22)14-5-4-8-18(24)10-14/h1-11,24H. The minimum absolute atomic E-state index is 0.283. The van der Waals surface area contributed by atoms with Crippen LogP contribution in [0.5, 0.6) is 11.5 Å². The Bertz CT molecular complexity index is 969. The summed E-state index contributed by atoms with van der Waals surface area (Å²) < 4.78 is 5.83. The Hall–Kier alpha value is -3.21. The fourth-order valence-electron chi connectivity index (χ4n) is 2.41. The van der Waals surface area contributed by atoms with Crippen molar-refractivity contribution < 1.29 is 4.74 Å². The van der Waals surface area contributed by atoms with Crippen molar-refractivity contribution in [1.29, 1.82) is 10.5 Å². The van der Waals surface area contributed by atoms with Crippen LogP contribution in [0.15, 0.2) is 71.6 Å². The summed E-state index contributed by atoms with van der Waals surface area (Å²) in [5.41, 5.74) is 2.08. The molecule has 0 aliphatic heterocycles. The Balaban J connectivity index is 2.15. The first-order valence-corrected chi connectivity index (χ1v) is 7.66. The van der Waals surface area contributed by atoms with Gasteiger partial charge in [-0.3, -0.25) is 0 Å². The maximum absolute atomic E-state index is 9.48. The molecule has 0 atom stereocenters. The zero-order valence-corrected chi connectivity index (χ0v) is 13.5. The highest BCUT2D eigenvalue weighted by Gasteiger charge is 2.14. The van der Waals surface area contributed by atoms with Crippen molar-refractivity contribution in [3.8, 4) is 34.8 Å². The number of para-hydroxylation sites is 1. The van der Waals surface area contributed by atoms with Gasteiger partial charge in [-0.05, 0) is 42.0 Å². The van der Waals surface area contributed by atoms with Crippen molar-refractivity contribution in [2.24, 2.45) is 0 Å². The summed E-state index contributed by atoms with van der Waals surface area (Å²) in [5, 5.41) is 18.9. The Morgan fingerprint density at radius 1 is 0.792 bits per heavy atom. The van der Waals surface area contributed by atoms with Crippen LogP contribution in [0.3, 0.4) is 0 Å². The van der Waals surface area contributed by atoms with Gasteiger partial charge in [0, 0.05) is 10.5 Å². The normalized spacial score (nSPS) is 9.79. The van der Waals surface area contributed by atoms with Crippen molar-refractivity contribution in [3.63, 3.8) is 0 Å². The zero-order valence-electron chi connectivity index (χ0n) is 12.6. The van der Waals surface area contributed by atoms with E-state index in [1.807, 2.05) is 54.6 Å². The molecule has 3 aromatic carbocycles. The summed E-state index contributed by atoms with van der Waals surface area (Å²) in [5.74, 6) is 1.18. The van der Waals surface area contributed by atoms with Gasteiger partial charge >= 0.3 is 0 Å². The Labute approximate surface area is 145 Å². The van der Waals surface area contributed by atoms with E-state index in [0.29, 0.717) is 22.6 Å². The fraction of sp³-hybridized carbons (Fsp3) is 0. The molecule has 0 aromatic heterocycles. The highest BCUT2D eigenvalue weighted by molar-refractivity contribution is 7.80. The molecule has 24 heavy (non-hydrogen) atoms. The van der Waals surface area contributed by atoms with Crippen molar-refractivity contribution in [2.45, 2.75) is 4.90 Å². The number of benzene rings is 3. The fourth-order valence-corrected chi connectivity index (χ4v) is 2.63. The van der Waals surface area contributed by atoms with Gasteiger partial charge in [-0.25, -0.2) is 0 Å². The number of nitriles is 2. The molecule has 0 heterocycles. The smallest absolute Gasteiger partial charge is 0.129 e. The first kappa shape index (κ1) is 15.7. The SMILES string of the molecule is N#Cc1cc(Oc2ccccc2)cc(-c2cccc(S)c2)c1C#N. The molecule has 0 radical (unpaired) electrons. The van der Waals surface area contributed by atoms with Crippen LogP contribution in [0.1, 0.15) is 11.1 Å². The van der Waals surface area contributed by atoms with Crippen LogP contribution < -0.4 is 4.74 Å². The summed E-state index contributed by atoms with van der Waals surface area (Å²) in [6.07, 6.45) is 0. The van der Waals surface area contributed by atoms with Crippen molar-refractivity contribution in [3.05, 3.63) is 77.9 Å². The molecule has 0 amide bonds. The number of rotatable bonds is 3. The molecule has 4 heteroatoms. The Morgan fingerprint density at radius 2 is 1.58 bits per heavy atom. The van der Waals surface area contributed by atoms with Crippen LogP contribution >= 0.6 is 12.6 Å². The average Bonchev–Trinajstić information content (AvgIpc) is 2.61. The largest absolute Gasteiger partial charge is 0.457 e. The van der Waals surface area contributed by atoms with E-state index in [9.17, 15) is 10.5 Å². The van der Waals surface area contributed by atoms with Crippen molar-refractivity contribution >= 4 is 12.6 Å². The lowest BCUT2D eigenvalue weighted by Gasteiger charge is -2.11. The number of thiol groups is 1. The number of hydrogen-bond donors (Lipinski definition) is 1. The first-order chi connectivity index (χ1) is 11.7. The van der Waals surface area contributed by atoms with Crippen LogP contribution in [0.4, 0.5) is 0 Å². The minimum atomic E-state index is 0.283. The molecule has 0 saturated heterocycles. The van der Waals surface area contributed by atoms with E-state index in [0.717, 1.165) is 10.5 Å². The van der Waals surface area contributed by atoms with Gasteiger partial charge in [0.05, 0.1) is 11.1 Å². The maximum Gasteiger partial charge on any atom is 0.129 e. The molecular formula is C20H12N2OS. The summed E-state index contributed by atoms with van der Waals surface area (Å²) in [4.78, 5) is 0.782. The monoisotopic (exact) mass is 328 g/mol. The first-order valence-electron chi connectivity index (χ1n) is 7.22. The van der Waals surface area contributed by atoms with Gasteiger partial charge in [0.15, 0.2) is 0 Å². The number of ether oxygens (including phenoxy) is 1. The van der Waals surface area contributed by atoms with Gasteiger partial charge in [0.2, 0.25) is 0 Å². The zero-order chi connectivity index (χ0) is 16.9. The minimum Gasteiger partial charge on any atom is -0.457 e. The second kappa shape index (κ2) is 6.91. The van der Waals surface area contributed by atoms with Gasteiger partial charge in [-0.1, -0.05) is 30.3 Å². The van der Waals surface area contributed by atoms with Gasteiger partial charge in [-0.2, -0.15) is 10.5 Å². The van der Waals surface area contributed by atoms with E-state index >= 15 is 0 Å².